The molecule has 5 heteroatoms. The van der Waals surface area contributed by atoms with E-state index in [0.29, 0.717) is 5.41 Å². The van der Waals surface area contributed by atoms with Crippen molar-refractivity contribution in [2.75, 3.05) is 53.5 Å². The maximum Gasteiger partial charge on any atom is 0.190 e. The third-order valence-corrected chi connectivity index (χ3v) is 6.25. The summed E-state index contributed by atoms with van der Waals surface area (Å²) in [4.78, 5) is 7.04. The van der Waals surface area contributed by atoms with E-state index in [4.69, 9.17) is 4.74 Å². The molecule has 0 radical (unpaired) electrons. The first kappa shape index (κ1) is 21.5. The minimum atomic E-state index is 0.405. The van der Waals surface area contributed by atoms with Crippen molar-refractivity contribution in [1.82, 2.24) is 15.5 Å². The van der Waals surface area contributed by atoms with Gasteiger partial charge in [-0.2, -0.15) is 0 Å². The van der Waals surface area contributed by atoms with Crippen molar-refractivity contribution in [2.24, 2.45) is 10.4 Å². The quantitative estimate of drug-likeness (QED) is 0.334. The van der Waals surface area contributed by atoms with Gasteiger partial charge in [0.15, 0.2) is 5.96 Å². The average molecular weight is 367 g/mol. The van der Waals surface area contributed by atoms with Crippen LogP contribution in [0.4, 0.5) is 0 Å². The van der Waals surface area contributed by atoms with Crippen LogP contribution in [0.3, 0.4) is 0 Å². The van der Waals surface area contributed by atoms with E-state index in [1.807, 2.05) is 14.2 Å². The Morgan fingerprint density at radius 3 is 2.46 bits per heavy atom. The van der Waals surface area contributed by atoms with Gasteiger partial charge in [0.1, 0.15) is 0 Å². The van der Waals surface area contributed by atoms with Crippen LogP contribution in [-0.2, 0) is 4.74 Å². The maximum absolute atomic E-state index is 5.33. The Morgan fingerprint density at radius 2 is 1.77 bits per heavy atom. The van der Waals surface area contributed by atoms with Gasteiger partial charge in [0.2, 0.25) is 0 Å². The molecule has 0 aromatic heterocycles. The number of hydrogen-bond donors (Lipinski definition) is 2. The van der Waals surface area contributed by atoms with Crippen LogP contribution >= 0.6 is 0 Å². The van der Waals surface area contributed by atoms with Gasteiger partial charge in [0.05, 0.1) is 0 Å². The number of methoxy groups -OCH3 is 1. The van der Waals surface area contributed by atoms with E-state index in [9.17, 15) is 0 Å². The molecule has 1 heterocycles. The summed E-state index contributed by atoms with van der Waals surface area (Å²) in [6.07, 6.45) is 14.6. The zero-order valence-electron chi connectivity index (χ0n) is 17.3. The van der Waals surface area contributed by atoms with Crippen molar-refractivity contribution in [1.29, 1.82) is 0 Å². The van der Waals surface area contributed by atoms with Gasteiger partial charge in [-0.1, -0.05) is 25.7 Å². The molecule has 1 aliphatic heterocycles. The molecule has 152 valence electrons. The molecule has 1 aliphatic carbocycles. The van der Waals surface area contributed by atoms with Crippen molar-refractivity contribution >= 4 is 5.96 Å². The highest BCUT2D eigenvalue weighted by Crippen LogP contribution is 2.40. The molecule has 0 unspecified atom stereocenters. The first-order valence-corrected chi connectivity index (χ1v) is 10.9. The Hall–Kier alpha value is -0.810. The van der Waals surface area contributed by atoms with Crippen LogP contribution in [-0.4, -0.2) is 64.3 Å². The second kappa shape index (κ2) is 12.6. The molecule has 0 atom stereocenters. The van der Waals surface area contributed by atoms with E-state index >= 15 is 0 Å². The van der Waals surface area contributed by atoms with E-state index in [-0.39, 0.29) is 0 Å². The van der Waals surface area contributed by atoms with Crippen LogP contribution in [0.5, 0.6) is 0 Å². The summed E-state index contributed by atoms with van der Waals surface area (Å²) in [5, 5.41) is 7.08. The van der Waals surface area contributed by atoms with Crippen molar-refractivity contribution in [3.8, 4) is 0 Å². The van der Waals surface area contributed by atoms with E-state index in [2.05, 4.69) is 20.5 Å². The molecule has 2 rings (SSSR count). The fraction of sp³-hybridized carbons (Fsp3) is 0.952. The van der Waals surface area contributed by atoms with Gasteiger partial charge in [-0.3, -0.25) is 4.99 Å². The van der Waals surface area contributed by atoms with Gasteiger partial charge >= 0.3 is 0 Å². The Morgan fingerprint density at radius 1 is 1.00 bits per heavy atom. The number of nitrogens with zero attached hydrogens (tertiary/aromatic N) is 2. The second-order valence-electron chi connectivity index (χ2n) is 8.27. The van der Waals surface area contributed by atoms with Crippen LogP contribution in [0.15, 0.2) is 4.99 Å². The Bertz CT molecular complexity index is 387. The predicted molar refractivity (Wildman–Crippen MR) is 111 cm³/mol. The maximum atomic E-state index is 5.33. The standard InChI is InChI=1S/C21H42N4O/c1-22-20(24-19-21(13-18-26-2)11-5-6-12-21)23-14-7-3-8-15-25-16-9-4-10-17-25/h3-19H2,1-2H3,(H2,22,23,24). The molecule has 1 saturated carbocycles. The molecule has 5 nitrogen and oxygen atoms in total. The number of unbranched alkanes of at least 4 members (excludes halogenated alkanes) is 2. The lowest BCUT2D eigenvalue weighted by atomic mass is 9.83. The van der Waals surface area contributed by atoms with Gasteiger partial charge in [0.25, 0.3) is 0 Å². The van der Waals surface area contributed by atoms with Crippen molar-refractivity contribution < 1.29 is 4.74 Å². The zero-order chi connectivity index (χ0) is 18.5. The summed E-state index contributed by atoms with van der Waals surface area (Å²) in [7, 11) is 3.68. The molecule has 0 aromatic rings. The van der Waals surface area contributed by atoms with Crippen LogP contribution in [0, 0.1) is 5.41 Å². The first-order valence-electron chi connectivity index (χ1n) is 10.9. The Balaban J connectivity index is 1.55. The largest absolute Gasteiger partial charge is 0.385 e. The Kier molecular flexibility index (Phi) is 10.4. The molecular formula is C21H42N4O. The van der Waals surface area contributed by atoms with Crippen LogP contribution < -0.4 is 10.6 Å². The second-order valence-corrected chi connectivity index (χ2v) is 8.27. The molecule has 2 aliphatic rings. The summed E-state index contributed by atoms with van der Waals surface area (Å²) < 4.78 is 5.33. The molecule has 0 spiro atoms. The fourth-order valence-corrected chi connectivity index (χ4v) is 4.48. The number of piperidine rings is 1. The monoisotopic (exact) mass is 366 g/mol. The van der Waals surface area contributed by atoms with E-state index in [1.54, 1.807) is 0 Å². The molecule has 2 N–H and O–H groups in total. The van der Waals surface area contributed by atoms with E-state index in [1.165, 1.54) is 83.8 Å². The minimum Gasteiger partial charge on any atom is -0.385 e. The molecule has 26 heavy (non-hydrogen) atoms. The van der Waals surface area contributed by atoms with E-state index in [0.717, 1.165) is 32.1 Å². The summed E-state index contributed by atoms with van der Waals surface area (Å²) in [6, 6.07) is 0. The van der Waals surface area contributed by atoms with Crippen LogP contribution in [0.2, 0.25) is 0 Å². The minimum absolute atomic E-state index is 0.405. The number of aliphatic imine (C=N–C) groups is 1. The smallest absolute Gasteiger partial charge is 0.190 e. The van der Waals surface area contributed by atoms with Crippen LogP contribution in [0.25, 0.3) is 0 Å². The third kappa shape index (κ3) is 7.83. The average Bonchev–Trinajstić information content (AvgIpc) is 3.15. The lowest BCUT2D eigenvalue weighted by Crippen LogP contribution is -2.43. The number of likely N-dealkylation sites (tertiary alicyclic amines) is 1. The summed E-state index contributed by atoms with van der Waals surface area (Å²) in [5.41, 5.74) is 0.405. The van der Waals surface area contributed by atoms with E-state index < -0.39 is 0 Å². The first-order chi connectivity index (χ1) is 12.8. The lowest BCUT2D eigenvalue weighted by Gasteiger charge is -2.30. The molecule has 1 saturated heterocycles. The highest BCUT2D eigenvalue weighted by atomic mass is 16.5. The van der Waals surface area contributed by atoms with Crippen molar-refractivity contribution in [2.45, 2.75) is 70.6 Å². The predicted octanol–water partition coefficient (Wildman–Crippen LogP) is 3.40. The zero-order valence-corrected chi connectivity index (χ0v) is 17.3. The van der Waals surface area contributed by atoms with Crippen molar-refractivity contribution in [3.05, 3.63) is 0 Å². The van der Waals surface area contributed by atoms with Gasteiger partial charge in [-0.05, 0) is 70.0 Å². The van der Waals surface area contributed by atoms with Gasteiger partial charge in [0, 0.05) is 33.9 Å². The molecule has 0 amide bonds. The molecule has 2 fully saturated rings. The number of guanidine groups is 1. The number of nitrogens with one attached hydrogen (secondary N) is 2. The number of rotatable bonds is 11. The highest BCUT2D eigenvalue weighted by Gasteiger charge is 2.33. The van der Waals surface area contributed by atoms with Gasteiger partial charge in [-0.15, -0.1) is 0 Å². The molecule has 0 bridgehead atoms. The normalized spacial score (nSPS) is 21.1. The Labute approximate surface area is 161 Å². The molecule has 0 aromatic carbocycles. The SMILES string of the molecule is CN=C(NCCCCCN1CCCCC1)NCC1(CCOC)CCCC1. The van der Waals surface area contributed by atoms with Crippen LogP contribution in [0.1, 0.15) is 70.6 Å². The topological polar surface area (TPSA) is 48.9 Å². The van der Waals surface area contributed by atoms with Crippen molar-refractivity contribution in [3.63, 3.8) is 0 Å². The van der Waals surface area contributed by atoms with Gasteiger partial charge < -0.3 is 20.3 Å². The number of hydrogen-bond acceptors (Lipinski definition) is 3. The number of ether oxygens (including phenoxy) is 1. The molecular weight excluding hydrogens is 324 g/mol. The summed E-state index contributed by atoms with van der Waals surface area (Å²) >= 11 is 0. The fourth-order valence-electron chi connectivity index (χ4n) is 4.48. The highest BCUT2D eigenvalue weighted by molar-refractivity contribution is 5.79. The summed E-state index contributed by atoms with van der Waals surface area (Å²) in [5.74, 6) is 0.963. The summed E-state index contributed by atoms with van der Waals surface area (Å²) in [6.45, 7) is 6.83. The third-order valence-electron chi connectivity index (χ3n) is 6.25. The van der Waals surface area contributed by atoms with Gasteiger partial charge in [-0.25, -0.2) is 0 Å². The lowest BCUT2D eigenvalue weighted by molar-refractivity contribution is 0.138.